The molecule has 0 aromatic rings. The van der Waals surface area contributed by atoms with Crippen LogP contribution in [0.15, 0.2) is 12.7 Å². The lowest BCUT2D eigenvalue weighted by Gasteiger charge is -2.08. The molecule has 0 fully saturated rings. The van der Waals surface area contributed by atoms with Crippen LogP contribution >= 0.6 is 0 Å². The predicted molar refractivity (Wildman–Crippen MR) is 59.8 cm³/mol. The Morgan fingerprint density at radius 1 is 1.36 bits per heavy atom. The standard InChI is InChI=1S/C7H13NO2.C4H10/c1-3-5-6(8)10-7(9)4-2;1-3-4-2/h4,6H,2-3,5,8H2,1H3;3-4H2,1-2H3. The number of hydrogen-bond donors (Lipinski definition) is 1. The number of ether oxygens (including phenoxy) is 1. The summed E-state index contributed by atoms with van der Waals surface area (Å²) in [6, 6.07) is 0. The van der Waals surface area contributed by atoms with Crippen LogP contribution in [0, 0.1) is 0 Å². The third-order valence-corrected chi connectivity index (χ3v) is 1.51. The van der Waals surface area contributed by atoms with Crippen LogP contribution in [0.4, 0.5) is 0 Å². The van der Waals surface area contributed by atoms with Crippen molar-refractivity contribution < 1.29 is 9.53 Å². The van der Waals surface area contributed by atoms with Crippen LogP contribution in [0.5, 0.6) is 0 Å². The van der Waals surface area contributed by atoms with Crippen molar-refractivity contribution in [1.82, 2.24) is 0 Å². The molecular formula is C11H23NO2. The lowest BCUT2D eigenvalue weighted by atomic mass is 10.3. The molecule has 0 amide bonds. The molecule has 0 radical (unpaired) electrons. The fourth-order valence-corrected chi connectivity index (χ4v) is 0.541. The van der Waals surface area contributed by atoms with Gasteiger partial charge in [0, 0.05) is 6.08 Å². The van der Waals surface area contributed by atoms with E-state index in [1.54, 1.807) is 0 Å². The maximum Gasteiger partial charge on any atom is 0.331 e. The smallest absolute Gasteiger partial charge is 0.331 e. The number of carbonyl (C=O) groups excluding carboxylic acids is 1. The first-order valence-electron chi connectivity index (χ1n) is 5.20. The highest BCUT2D eigenvalue weighted by Gasteiger charge is 2.03. The first-order valence-corrected chi connectivity index (χ1v) is 5.20. The molecule has 0 aliphatic rings. The van der Waals surface area contributed by atoms with Crippen molar-refractivity contribution in [1.29, 1.82) is 0 Å². The summed E-state index contributed by atoms with van der Waals surface area (Å²) in [6.45, 7) is 9.58. The average Bonchev–Trinajstić information content (AvgIpc) is 2.18. The largest absolute Gasteiger partial charge is 0.444 e. The van der Waals surface area contributed by atoms with Crippen molar-refractivity contribution in [2.45, 2.75) is 52.7 Å². The number of nitrogens with two attached hydrogens (primary N) is 1. The van der Waals surface area contributed by atoms with Crippen LogP contribution in [-0.4, -0.2) is 12.2 Å². The Hall–Kier alpha value is -0.830. The minimum Gasteiger partial charge on any atom is -0.444 e. The molecule has 2 N–H and O–H groups in total. The Kier molecular flexibility index (Phi) is 13.6. The normalized spacial score (nSPS) is 10.9. The van der Waals surface area contributed by atoms with Gasteiger partial charge in [0.1, 0.15) is 0 Å². The molecule has 3 nitrogen and oxygen atoms in total. The van der Waals surface area contributed by atoms with Gasteiger partial charge < -0.3 is 4.74 Å². The monoisotopic (exact) mass is 201 g/mol. The zero-order valence-corrected chi connectivity index (χ0v) is 9.58. The van der Waals surface area contributed by atoms with Crippen LogP contribution in [0.25, 0.3) is 0 Å². The summed E-state index contributed by atoms with van der Waals surface area (Å²) in [5, 5.41) is 0. The highest BCUT2D eigenvalue weighted by molar-refractivity contribution is 5.81. The van der Waals surface area contributed by atoms with Crippen molar-refractivity contribution in [2.24, 2.45) is 5.73 Å². The van der Waals surface area contributed by atoms with Crippen LogP contribution in [0.1, 0.15) is 46.5 Å². The van der Waals surface area contributed by atoms with E-state index >= 15 is 0 Å². The van der Waals surface area contributed by atoms with Gasteiger partial charge in [-0.25, -0.2) is 4.79 Å². The summed E-state index contributed by atoms with van der Waals surface area (Å²) >= 11 is 0. The van der Waals surface area contributed by atoms with Gasteiger partial charge in [0.25, 0.3) is 0 Å². The summed E-state index contributed by atoms with van der Waals surface area (Å²) in [5.41, 5.74) is 5.37. The van der Waals surface area contributed by atoms with Gasteiger partial charge in [-0.15, -0.1) is 0 Å². The van der Waals surface area contributed by atoms with Crippen LogP contribution in [0.3, 0.4) is 0 Å². The van der Waals surface area contributed by atoms with E-state index in [0.29, 0.717) is 6.42 Å². The summed E-state index contributed by atoms with van der Waals surface area (Å²) in [7, 11) is 0. The quantitative estimate of drug-likeness (QED) is 0.422. The first kappa shape index (κ1) is 15.6. The minimum absolute atomic E-state index is 0.457. The zero-order chi connectivity index (χ0) is 11.4. The topological polar surface area (TPSA) is 52.3 Å². The lowest BCUT2D eigenvalue weighted by Crippen LogP contribution is -2.25. The van der Waals surface area contributed by atoms with Crippen molar-refractivity contribution in [3.63, 3.8) is 0 Å². The Balaban J connectivity index is 0. The predicted octanol–water partition coefficient (Wildman–Crippen LogP) is 2.61. The first-order chi connectivity index (χ1) is 6.62. The molecule has 0 aromatic heterocycles. The third kappa shape index (κ3) is 13.7. The van der Waals surface area contributed by atoms with E-state index < -0.39 is 12.2 Å². The molecule has 1 atom stereocenters. The molecule has 0 saturated heterocycles. The highest BCUT2D eigenvalue weighted by Crippen LogP contribution is 1.95. The van der Waals surface area contributed by atoms with Crippen LogP contribution in [-0.2, 0) is 9.53 Å². The molecule has 0 bridgehead atoms. The summed E-state index contributed by atoms with van der Waals surface area (Å²) in [6.07, 6.45) is 4.87. The SMILES string of the molecule is C=CC(=O)OC(N)CCC.CCCC. The highest BCUT2D eigenvalue weighted by atomic mass is 16.6. The fourth-order valence-electron chi connectivity index (χ4n) is 0.541. The molecule has 0 aromatic carbocycles. The molecule has 0 aliphatic heterocycles. The Morgan fingerprint density at radius 3 is 2.14 bits per heavy atom. The molecule has 1 unspecified atom stereocenters. The van der Waals surface area contributed by atoms with Crippen molar-refractivity contribution in [3.8, 4) is 0 Å². The molecule has 0 spiro atoms. The fraction of sp³-hybridized carbons (Fsp3) is 0.727. The van der Waals surface area contributed by atoms with Gasteiger partial charge in [-0.2, -0.15) is 0 Å². The number of unbranched alkanes of at least 4 members (excludes halogenated alkanes) is 1. The van der Waals surface area contributed by atoms with Crippen molar-refractivity contribution in [3.05, 3.63) is 12.7 Å². The molecule has 3 heteroatoms. The molecular weight excluding hydrogens is 178 g/mol. The molecule has 14 heavy (non-hydrogen) atoms. The van der Waals surface area contributed by atoms with E-state index in [1.165, 1.54) is 12.8 Å². The Labute approximate surface area is 87.3 Å². The summed E-state index contributed by atoms with van der Waals surface area (Å²) < 4.78 is 4.66. The lowest BCUT2D eigenvalue weighted by molar-refractivity contribution is -0.142. The molecule has 0 aliphatic carbocycles. The van der Waals surface area contributed by atoms with Gasteiger partial charge in [0.2, 0.25) is 0 Å². The van der Waals surface area contributed by atoms with Crippen LogP contribution < -0.4 is 5.73 Å². The number of carbonyl (C=O) groups is 1. The van der Waals surface area contributed by atoms with Gasteiger partial charge in [-0.05, 0) is 6.42 Å². The maximum atomic E-state index is 10.5. The summed E-state index contributed by atoms with van der Waals surface area (Å²) in [5.74, 6) is -0.457. The second-order valence-corrected chi connectivity index (χ2v) is 2.97. The Bertz CT molecular complexity index is 144. The van der Waals surface area contributed by atoms with Gasteiger partial charge in [-0.1, -0.05) is 46.6 Å². The maximum absolute atomic E-state index is 10.5. The second kappa shape index (κ2) is 12.2. The molecule has 0 rings (SSSR count). The molecule has 0 saturated carbocycles. The van der Waals surface area contributed by atoms with Gasteiger partial charge in [0.15, 0.2) is 6.23 Å². The Morgan fingerprint density at radius 2 is 1.86 bits per heavy atom. The van der Waals surface area contributed by atoms with E-state index in [9.17, 15) is 4.79 Å². The van der Waals surface area contributed by atoms with Crippen molar-refractivity contribution >= 4 is 5.97 Å². The zero-order valence-electron chi connectivity index (χ0n) is 9.58. The van der Waals surface area contributed by atoms with E-state index in [0.717, 1.165) is 12.5 Å². The van der Waals surface area contributed by atoms with Crippen molar-refractivity contribution in [2.75, 3.05) is 0 Å². The van der Waals surface area contributed by atoms with E-state index in [1.807, 2.05) is 6.92 Å². The van der Waals surface area contributed by atoms with Gasteiger partial charge in [-0.3, -0.25) is 5.73 Å². The summed E-state index contributed by atoms with van der Waals surface area (Å²) in [4.78, 5) is 10.5. The number of hydrogen-bond acceptors (Lipinski definition) is 3. The van der Waals surface area contributed by atoms with Gasteiger partial charge >= 0.3 is 5.97 Å². The third-order valence-electron chi connectivity index (χ3n) is 1.51. The number of rotatable bonds is 5. The minimum atomic E-state index is -0.476. The average molecular weight is 201 g/mol. The molecule has 0 heterocycles. The number of esters is 1. The van der Waals surface area contributed by atoms with E-state index in [4.69, 9.17) is 5.73 Å². The second-order valence-electron chi connectivity index (χ2n) is 2.97. The van der Waals surface area contributed by atoms with Gasteiger partial charge in [0.05, 0.1) is 0 Å². The molecule has 84 valence electrons. The van der Waals surface area contributed by atoms with E-state index in [-0.39, 0.29) is 0 Å². The van der Waals surface area contributed by atoms with E-state index in [2.05, 4.69) is 25.2 Å². The van der Waals surface area contributed by atoms with Crippen LogP contribution in [0.2, 0.25) is 0 Å².